The number of ether oxygens (including phenoxy) is 1. The van der Waals surface area contributed by atoms with Crippen LogP contribution >= 0.6 is 0 Å². The Morgan fingerprint density at radius 2 is 2.05 bits per heavy atom. The number of aromatic hydroxyl groups is 1. The molecule has 21 heavy (non-hydrogen) atoms. The first-order valence-electron chi connectivity index (χ1n) is 7.91. The smallest absolute Gasteiger partial charge is 0.162 e. The molecule has 4 nitrogen and oxygen atoms in total. The standard InChI is InChI=1S/C17H26N2O2/c1-17(2)11-19(14-7-5-4-6-13(14)18-17)12-8-9-15(20)16(10-12)21-3/h8-10,13-14,18,20H,4-7,11H2,1-3H3/t13-,14-/m0/s1. The number of rotatable bonds is 2. The van der Waals surface area contributed by atoms with Crippen LogP contribution in [0.5, 0.6) is 11.5 Å². The Kier molecular flexibility index (Phi) is 3.74. The summed E-state index contributed by atoms with van der Waals surface area (Å²) in [6.07, 6.45) is 5.10. The maximum atomic E-state index is 9.81. The van der Waals surface area contributed by atoms with Crippen LogP contribution in [0.15, 0.2) is 18.2 Å². The van der Waals surface area contributed by atoms with E-state index in [0.717, 1.165) is 12.2 Å². The minimum atomic E-state index is 0.101. The van der Waals surface area contributed by atoms with Gasteiger partial charge >= 0.3 is 0 Å². The Morgan fingerprint density at radius 1 is 1.29 bits per heavy atom. The maximum Gasteiger partial charge on any atom is 0.162 e. The van der Waals surface area contributed by atoms with Crippen LogP contribution in [-0.4, -0.2) is 36.4 Å². The van der Waals surface area contributed by atoms with Gasteiger partial charge in [0.2, 0.25) is 0 Å². The maximum absolute atomic E-state index is 9.81. The van der Waals surface area contributed by atoms with E-state index in [2.05, 4.69) is 24.1 Å². The van der Waals surface area contributed by atoms with Crippen LogP contribution in [0.25, 0.3) is 0 Å². The van der Waals surface area contributed by atoms with Crippen molar-refractivity contribution in [2.24, 2.45) is 0 Å². The molecule has 0 aromatic heterocycles. The molecule has 0 unspecified atom stereocenters. The molecule has 1 aromatic rings. The van der Waals surface area contributed by atoms with E-state index in [1.54, 1.807) is 13.2 Å². The molecule has 1 aliphatic heterocycles. The zero-order valence-corrected chi connectivity index (χ0v) is 13.2. The van der Waals surface area contributed by atoms with E-state index in [4.69, 9.17) is 4.74 Å². The van der Waals surface area contributed by atoms with E-state index < -0.39 is 0 Å². The van der Waals surface area contributed by atoms with E-state index in [9.17, 15) is 5.11 Å². The molecular weight excluding hydrogens is 264 g/mol. The van der Waals surface area contributed by atoms with Crippen molar-refractivity contribution >= 4 is 5.69 Å². The van der Waals surface area contributed by atoms with Gasteiger partial charge in [-0.05, 0) is 38.8 Å². The van der Waals surface area contributed by atoms with Crippen LogP contribution in [-0.2, 0) is 0 Å². The Morgan fingerprint density at radius 3 is 2.81 bits per heavy atom. The summed E-state index contributed by atoms with van der Waals surface area (Å²) in [5.41, 5.74) is 1.25. The third kappa shape index (κ3) is 2.82. The lowest BCUT2D eigenvalue weighted by atomic mass is 9.83. The van der Waals surface area contributed by atoms with Gasteiger partial charge in [0.15, 0.2) is 11.5 Å². The highest BCUT2D eigenvalue weighted by molar-refractivity contribution is 5.57. The van der Waals surface area contributed by atoms with Crippen LogP contribution in [0, 0.1) is 0 Å². The summed E-state index contributed by atoms with van der Waals surface area (Å²) in [4.78, 5) is 2.50. The second kappa shape index (κ2) is 5.41. The second-order valence-electron chi connectivity index (χ2n) is 6.97. The van der Waals surface area contributed by atoms with Crippen LogP contribution < -0.4 is 15.0 Å². The van der Waals surface area contributed by atoms with Crippen molar-refractivity contribution in [1.82, 2.24) is 5.32 Å². The van der Waals surface area contributed by atoms with Crippen molar-refractivity contribution in [1.29, 1.82) is 0 Å². The molecule has 2 fully saturated rings. The number of methoxy groups -OCH3 is 1. The van der Waals surface area contributed by atoms with Gasteiger partial charge in [0.05, 0.1) is 7.11 Å². The molecule has 1 aromatic carbocycles. The Hall–Kier alpha value is -1.42. The fourth-order valence-corrected chi connectivity index (χ4v) is 3.87. The summed E-state index contributed by atoms with van der Waals surface area (Å²) < 4.78 is 5.27. The summed E-state index contributed by atoms with van der Waals surface area (Å²) in [5.74, 6) is 0.757. The largest absolute Gasteiger partial charge is 0.504 e. The molecule has 1 aliphatic carbocycles. The lowest BCUT2D eigenvalue weighted by Gasteiger charge is -2.52. The predicted molar refractivity (Wildman–Crippen MR) is 85.3 cm³/mol. The molecule has 0 bridgehead atoms. The number of piperazine rings is 1. The SMILES string of the molecule is COc1cc(N2CC(C)(C)N[C@H]3CCCC[C@@H]32)ccc1O. The van der Waals surface area contributed by atoms with Gasteiger partial charge in [0, 0.05) is 35.9 Å². The minimum Gasteiger partial charge on any atom is -0.504 e. The molecule has 0 spiro atoms. The zero-order valence-electron chi connectivity index (χ0n) is 13.2. The molecule has 2 atom stereocenters. The summed E-state index contributed by atoms with van der Waals surface area (Å²) in [5, 5.41) is 13.6. The van der Waals surface area contributed by atoms with Gasteiger partial charge in [-0.15, -0.1) is 0 Å². The van der Waals surface area contributed by atoms with E-state index in [-0.39, 0.29) is 11.3 Å². The number of phenolic OH excluding ortho intramolecular Hbond substituents is 1. The molecule has 4 heteroatoms. The van der Waals surface area contributed by atoms with Crippen molar-refractivity contribution in [3.63, 3.8) is 0 Å². The molecular formula is C17H26N2O2. The van der Waals surface area contributed by atoms with Gasteiger partial charge < -0.3 is 20.1 Å². The van der Waals surface area contributed by atoms with Crippen LogP contribution in [0.4, 0.5) is 5.69 Å². The Balaban J connectivity index is 1.94. The van der Waals surface area contributed by atoms with E-state index in [0.29, 0.717) is 17.8 Å². The van der Waals surface area contributed by atoms with Gasteiger partial charge in [-0.2, -0.15) is 0 Å². The number of benzene rings is 1. The molecule has 1 heterocycles. The molecule has 2 N–H and O–H groups in total. The van der Waals surface area contributed by atoms with Gasteiger partial charge in [0.1, 0.15) is 0 Å². The summed E-state index contributed by atoms with van der Waals surface area (Å²) in [6, 6.07) is 6.80. The molecule has 2 aliphatic rings. The quantitative estimate of drug-likeness (QED) is 0.879. The lowest BCUT2D eigenvalue weighted by molar-refractivity contribution is 0.199. The monoisotopic (exact) mass is 290 g/mol. The average Bonchev–Trinajstić information content (AvgIpc) is 2.46. The van der Waals surface area contributed by atoms with Crippen molar-refractivity contribution in [2.75, 3.05) is 18.6 Å². The number of anilines is 1. The molecule has 116 valence electrons. The highest BCUT2D eigenvalue weighted by atomic mass is 16.5. The van der Waals surface area contributed by atoms with E-state index in [1.807, 2.05) is 12.1 Å². The van der Waals surface area contributed by atoms with Crippen LogP contribution in [0.3, 0.4) is 0 Å². The third-order valence-electron chi connectivity index (χ3n) is 4.77. The minimum absolute atomic E-state index is 0.101. The first-order valence-corrected chi connectivity index (χ1v) is 7.91. The van der Waals surface area contributed by atoms with Gasteiger partial charge in [0.25, 0.3) is 0 Å². The fraction of sp³-hybridized carbons (Fsp3) is 0.647. The number of fused-ring (bicyclic) bond motifs is 1. The number of nitrogens with one attached hydrogen (secondary N) is 1. The Bertz CT molecular complexity index is 516. The molecule has 1 saturated carbocycles. The average molecular weight is 290 g/mol. The Labute approximate surface area is 127 Å². The van der Waals surface area contributed by atoms with Crippen LogP contribution in [0.2, 0.25) is 0 Å². The highest BCUT2D eigenvalue weighted by Gasteiger charge is 2.40. The van der Waals surface area contributed by atoms with Crippen molar-refractivity contribution in [3.05, 3.63) is 18.2 Å². The molecule has 1 saturated heterocycles. The lowest BCUT2D eigenvalue weighted by Crippen LogP contribution is -2.67. The zero-order chi connectivity index (χ0) is 15.0. The summed E-state index contributed by atoms with van der Waals surface area (Å²) in [7, 11) is 1.60. The number of hydrogen-bond donors (Lipinski definition) is 2. The van der Waals surface area contributed by atoms with Crippen LogP contribution in [0.1, 0.15) is 39.5 Å². The highest BCUT2D eigenvalue weighted by Crippen LogP contribution is 2.37. The van der Waals surface area contributed by atoms with Gasteiger partial charge in [-0.1, -0.05) is 12.8 Å². The topological polar surface area (TPSA) is 44.7 Å². The van der Waals surface area contributed by atoms with Crippen molar-refractivity contribution in [2.45, 2.75) is 57.2 Å². The van der Waals surface area contributed by atoms with Gasteiger partial charge in [-0.25, -0.2) is 0 Å². The summed E-state index contributed by atoms with van der Waals surface area (Å²) in [6.45, 7) is 5.51. The molecule has 0 radical (unpaired) electrons. The first-order chi connectivity index (χ1) is 10.00. The third-order valence-corrected chi connectivity index (χ3v) is 4.77. The summed E-state index contributed by atoms with van der Waals surface area (Å²) >= 11 is 0. The second-order valence-corrected chi connectivity index (χ2v) is 6.97. The van der Waals surface area contributed by atoms with E-state index in [1.165, 1.54) is 25.7 Å². The number of nitrogens with zero attached hydrogens (tertiary/aromatic N) is 1. The normalized spacial score (nSPS) is 28.0. The van der Waals surface area contributed by atoms with Crippen molar-refractivity contribution in [3.8, 4) is 11.5 Å². The molecule has 3 rings (SSSR count). The number of hydrogen-bond acceptors (Lipinski definition) is 4. The van der Waals surface area contributed by atoms with Crippen molar-refractivity contribution < 1.29 is 9.84 Å². The number of phenols is 1. The predicted octanol–water partition coefficient (Wildman–Crippen LogP) is 2.90. The fourth-order valence-electron chi connectivity index (χ4n) is 3.87. The molecule has 0 amide bonds. The van der Waals surface area contributed by atoms with Gasteiger partial charge in [-0.3, -0.25) is 0 Å². The first kappa shape index (κ1) is 14.5. The van der Waals surface area contributed by atoms with E-state index >= 15 is 0 Å².